The Morgan fingerprint density at radius 3 is 2.88 bits per heavy atom. The Morgan fingerprint density at radius 2 is 2.24 bits per heavy atom. The van der Waals surface area contributed by atoms with E-state index in [1.54, 1.807) is 18.3 Å². The molecular weight excluding hydrogens is 259 g/mol. The summed E-state index contributed by atoms with van der Waals surface area (Å²) in [4.78, 5) is 11.7. The summed E-state index contributed by atoms with van der Waals surface area (Å²) in [7, 11) is 0. The first-order chi connectivity index (χ1) is 8.15. The third-order valence-electron chi connectivity index (χ3n) is 2.12. The van der Waals surface area contributed by atoms with Crippen molar-refractivity contribution in [1.29, 1.82) is 0 Å². The number of nitrogens with zero attached hydrogens (tertiary/aromatic N) is 1. The highest BCUT2D eigenvalue weighted by molar-refractivity contribution is 6.36. The molecule has 0 heterocycles. The van der Waals surface area contributed by atoms with Crippen LogP contribution in [0.1, 0.15) is 36.5 Å². The maximum atomic E-state index is 11.7. The van der Waals surface area contributed by atoms with Crippen LogP contribution in [0, 0.1) is 0 Å². The molecular formula is C12H14Cl2N2O. The monoisotopic (exact) mass is 272 g/mol. The van der Waals surface area contributed by atoms with Crippen LogP contribution in [0.25, 0.3) is 0 Å². The maximum Gasteiger partial charge on any atom is 0.272 e. The molecule has 0 radical (unpaired) electrons. The molecule has 0 unspecified atom stereocenters. The zero-order chi connectivity index (χ0) is 12.7. The fraction of sp³-hybridized carbons (Fsp3) is 0.333. The first-order valence-corrected chi connectivity index (χ1v) is 6.17. The van der Waals surface area contributed by atoms with Gasteiger partial charge in [-0.05, 0) is 31.0 Å². The molecule has 3 nitrogen and oxygen atoms in total. The molecule has 1 N–H and O–H groups in total. The lowest BCUT2D eigenvalue weighted by molar-refractivity contribution is 0.0955. The molecule has 0 aliphatic carbocycles. The molecule has 0 spiro atoms. The summed E-state index contributed by atoms with van der Waals surface area (Å²) in [5.74, 6) is -0.334. The number of hydrazone groups is 1. The van der Waals surface area contributed by atoms with Crippen LogP contribution in [0.5, 0.6) is 0 Å². The van der Waals surface area contributed by atoms with Crippen LogP contribution < -0.4 is 5.43 Å². The number of hydrogen-bond acceptors (Lipinski definition) is 2. The number of rotatable bonds is 5. The van der Waals surface area contributed by atoms with Gasteiger partial charge in [0.15, 0.2) is 0 Å². The second-order valence-corrected chi connectivity index (χ2v) is 4.36. The molecule has 17 heavy (non-hydrogen) atoms. The summed E-state index contributed by atoms with van der Waals surface area (Å²) >= 11 is 11.6. The van der Waals surface area contributed by atoms with Crippen molar-refractivity contribution in [2.45, 2.75) is 26.2 Å². The van der Waals surface area contributed by atoms with Gasteiger partial charge in [0.2, 0.25) is 0 Å². The van der Waals surface area contributed by atoms with Gasteiger partial charge in [0.25, 0.3) is 5.91 Å². The fourth-order valence-electron chi connectivity index (χ4n) is 1.20. The van der Waals surface area contributed by atoms with E-state index in [4.69, 9.17) is 23.2 Å². The highest BCUT2D eigenvalue weighted by Crippen LogP contribution is 2.20. The average molecular weight is 273 g/mol. The minimum absolute atomic E-state index is 0.318. The Balaban J connectivity index is 2.55. The summed E-state index contributed by atoms with van der Waals surface area (Å²) < 4.78 is 0. The predicted molar refractivity (Wildman–Crippen MR) is 71.9 cm³/mol. The Kier molecular flexibility index (Phi) is 6.01. The summed E-state index contributed by atoms with van der Waals surface area (Å²) in [6.45, 7) is 2.10. The Bertz CT molecular complexity index is 419. The van der Waals surface area contributed by atoms with Crippen molar-refractivity contribution in [1.82, 2.24) is 5.43 Å². The molecule has 0 aliphatic heterocycles. The van der Waals surface area contributed by atoms with Crippen LogP contribution in [0.15, 0.2) is 23.3 Å². The van der Waals surface area contributed by atoms with Crippen LogP contribution in [-0.2, 0) is 0 Å². The van der Waals surface area contributed by atoms with Gasteiger partial charge in [-0.15, -0.1) is 0 Å². The third-order valence-corrected chi connectivity index (χ3v) is 2.67. The van der Waals surface area contributed by atoms with E-state index in [-0.39, 0.29) is 5.91 Å². The minimum atomic E-state index is -0.334. The van der Waals surface area contributed by atoms with Crippen molar-refractivity contribution in [3.8, 4) is 0 Å². The molecule has 0 aliphatic rings. The molecule has 0 fully saturated rings. The van der Waals surface area contributed by atoms with E-state index in [1.807, 2.05) is 0 Å². The van der Waals surface area contributed by atoms with Crippen molar-refractivity contribution in [3.63, 3.8) is 0 Å². The SMILES string of the molecule is CCCC/C=N\NC(=O)c1ccc(Cl)cc1Cl. The molecule has 0 aromatic heterocycles. The van der Waals surface area contributed by atoms with Gasteiger partial charge < -0.3 is 0 Å². The van der Waals surface area contributed by atoms with Crippen LogP contribution in [0.3, 0.4) is 0 Å². The molecule has 92 valence electrons. The average Bonchev–Trinajstić information content (AvgIpc) is 2.28. The van der Waals surface area contributed by atoms with E-state index in [9.17, 15) is 4.79 Å². The molecule has 1 aromatic rings. The summed E-state index contributed by atoms with van der Waals surface area (Å²) in [5.41, 5.74) is 2.79. The van der Waals surface area contributed by atoms with E-state index in [0.717, 1.165) is 19.3 Å². The number of nitrogens with one attached hydrogen (secondary N) is 1. The van der Waals surface area contributed by atoms with Crippen molar-refractivity contribution in [2.75, 3.05) is 0 Å². The van der Waals surface area contributed by atoms with Gasteiger partial charge in [0.1, 0.15) is 0 Å². The van der Waals surface area contributed by atoms with Gasteiger partial charge in [-0.3, -0.25) is 4.79 Å². The van der Waals surface area contributed by atoms with E-state index in [2.05, 4.69) is 17.5 Å². The van der Waals surface area contributed by atoms with Gasteiger partial charge >= 0.3 is 0 Å². The van der Waals surface area contributed by atoms with Crippen LogP contribution in [-0.4, -0.2) is 12.1 Å². The Morgan fingerprint density at radius 1 is 1.47 bits per heavy atom. The number of hydrogen-bond donors (Lipinski definition) is 1. The first kappa shape index (κ1) is 14.0. The zero-order valence-corrected chi connectivity index (χ0v) is 11.1. The largest absolute Gasteiger partial charge is 0.272 e. The number of benzene rings is 1. The summed E-state index contributed by atoms with van der Waals surface area (Å²) in [6, 6.07) is 4.71. The molecule has 1 aromatic carbocycles. The fourth-order valence-corrected chi connectivity index (χ4v) is 1.69. The van der Waals surface area contributed by atoms with Gasteiger partial charge in [0, 0.05) is 11.2 Å². The van der Waals surface area contributed by atoms with Crippen molar-refractivity contribution in [2.24, 2.45) is 5.10 Å². The zero-order valence-electron chi connectivity index (χ0n) is 9.54. The molecule has 0 saturated carbocycles. The van der Waals surface area contributed by atoms with E-state index in [0.29, 0.717) is 15.6 Å². The minimum Gasteiger partial charge on any atom is -0.267 e. The van der Waals surface area contributed by atoms with Gasteiger partial charge in [-0.1, -0.05) is 36.5 Å². The summed E-state index contributed by atoms with van der Waals surface area (Å²) in [5, 5.41) is 4.65. The highest BCUT2D eigenvalue weighted by Gasteiger charge is 2.09. The number of carbonyl (C=O) groups excluding carboxylic acids is 1. The lowest BCUT2D eigenvalue weighted by Crippen LogP contribution is -2.17. The standard InChI is InChI=1S/C12H14Cl2N2O/c1-2-3-4-7-15-16-12(17)10-6-5-9(13)8-11(10)14/h5-8H,2-4H2,1H3,(H,16,17)/b15-7-. The second kappa shape index (κ2) is 7.30. The molecule has 0 saturated heterocycles. The van der Waals surface area contributed by atoms with E-state index in [1.165, 1.54) is 6.07 Å². The lowest BCUT2D eigenvalue weighted by atomic mass is 10.2. The number of halogens is 2. The van der Waals surface area contributed by atoms with Crippen molar-refractivity contribution < 1.29 is 4.79 Å². The smallest absolute Gasteiger partial charge is 0.267 e. The Labute approximate surface area is 111 Å². The van der Waals surface area contributed by atoms with Crippen LogP contribution >= 0.6 is 23.2 Å². The number of amides is 1. The van der Waals surface area contributed by atoms with Crippen LogP contribution in [0.2, 0.25) is 10.0 Å². The van der Waals surface area contributed by atoms with Gasteiger partial charge in [-0.2, -0.15) is 5.10 Å². The van der Waals surface area contributed by atoms with Crippen molar-refractivity contribution in [3.05, 3.63) is 33.8 Å². The number of carbonyl (C=O) groups is 1. The maximum absolute atomic E-state index is 11.7. The van der Waals surface area contributed by atoms with Crippen molar-refractivity contribution >= 4 is 35.3 Å². The third kappa shape index (κ3) is 4.75. The Hall–Kier alpha value is -1.06. The van der Waals surface area contributed by atoms with E-state index < -0.39 is 0 Å². The second-order valence-electron chi connectivity index (χ2n) is 3.52. The normalized spacial score (nSPS) is 10.8. The molecule has 1 amide bonds. The van der Waals surface area contributed by atoms with E-state index >= 15 is 0 Å². The number of unbranched alkanes of at least 4 members (excludes halogenated alkanes) is 2. The molecule has 0 atom stereocenters. The highest BCUT2D eigenvalue weighted by atomic mass is 35.5. The lowest BCUT2D eigenvalue weighted by Gasteiger charge is -2.02. The van der Waals surface area contributed by atoms with Crippen LogP contribution in [0.4, 0.5) is 0 Å². The van der Waals surface area contributed by atoms with Gasteiger partial charge in [-0.25, -0.2) is 5.43 Å². The van der Waals surface area contributed by atoms with Gasteiger partial charge in [0.05, 0.1) is 10.6 Å². The topological polar surface area (TPSA) is 41.5 Å². The first-order valence-electron chi connectivity index (χ1n) is 5.42. The molecule has 1 rings (SSSR count). The summed E-state index contributed by atoms with van der Waals surface area (Å²) in [6.07, 6.45) is 4.69. The quantitative estimate of drug-likeness (QED) is 0.493. The molecule has 5 heteroatoms. The predicted octanol–water partition coefficient (Wildman–Crippen LogP) is 3.90. The molecule has 0 bridgehead atoms.